The van der Waals surface area contributed by atoms with Crippen LogP contribution in [0.4, 0.5) is 0 Å². The standard InChI is InChI=1S/C17H33N3O/c1-14(2)19-17(13-18)9-6-7-16(17)8-10-20(5)11-12-21-15(3)4/h14-16,19H,6-12H2,1-5H3. The van der Waals surface area contributed by atoms with E-state index in [1.165, 1.54) is 6.42 Å². The molecule has 0 aromatic heterocycles. The molecule has 0 amide bonds. The van der Waals surface area contributed by atoms with Gasteiger partial charge in [-0.25, -0.2) is 0 Å². The summed E-state index contributed by atoms with van der Waals surface area (Å²) in [5.41, 5.74) is -0.302. The molecule has 0 aliphatic heterocycles. The van der Waals surface area contributed by atoms with E-state index in [2.05, 4.69) is 51.0 Å². The zero-order valence-corrected chi connectivity index (χ0v) is 14.5. The summed E-state index contributed by atoms with van der Waals surface area (Å²) < 4.78 is 5.59. The van der Waals surface area contributed by atoms with E-state index in [9.17, 15) is 5.26 Å². The first-order chi connectivity index (χ1) is 9.89. The minimum Gasteiger partial charge on any atom is -0.377 e. The van der Waals surface area contributed by atoms with Crippen molar-refractivity contribution in [3.63, 3.8) is 0 Å². The molecular formula is C17H33N3O. The number of rotatable bonds is 9. The van der Waals surface area contributed by atoms with Crippen LogP contribution in [0.2, 0.25) is 0 Å². The summed E-state index contributed by atoms with van der Waals surface area (Å²) in [5, 5.41) is 13.2. The molecule has 122 valence electrons. The van der Waals surface area contributed by atoms with E-state index in [4.69, 9.17) is 4.74 Å². The zero-order valence-electron chi connectivity index (χ0n) is 14.5. The number of nitrogens with zero attached hydrogens (tertiary/aromatic N) is 2. The van der Waals surface area contributed by atoms with Crippen molar-refractivity contribution in [2.45, 2.75) is 71.1 Å². The van der Waals surface area contributed by atoms with Gasteiger partial charge >= 0.3 is 0 Å². The van der Waals surface area contributed by atoms with Crippen LogP contribution in [0.3, 0.4) is 0 Å². The van der Waals surface area contributed by atoms with Crippen molar-refractivity contribution < 1.29 is 4.74 Å². The molecule has 21 heavy (non-hydrogen) atoms. The Hall–Kier alpha value is -0.630. The minimum absolute atomic E-state index is 0.301. The van der Waals surface area contributed by atoms with Crippen molar-refractivity contribution in [3.8, 4) is 6.07 Å². The van der Waals surface area contributed by atoms with E-state index in [1.54, 1.807) is 0 Å². The van der Waals surface area contributed by atoms with E-state index in [0.717, 1.165) is 39.0 Å². The lowest BCUT2D eigenvalue weighted by molar-refractivity contribution is 0.0624. The number of nitriles is 1. The van der Waals surface area contributed by atoms with Crippen molar-refractivity contribution in [2.24, 2.45) is 5.92 Å². The second kappa shape index (κ2) is 8.73. The maximum atomic E-state index is 9.66. The van der Waals surface area contributed by atoms with Gasteiger partial charge in [-0.2, -0.15) is 5.26 Å². The van der Waals surface area contributed by atoms with Gasteiger partial charge in [0.25, 0.3) is 0 Å². The predicted molar refractivity (Wildman–Crippen MR) is 87.2 cm³/mol. The predicted octanol–water partition coefficient (Wildman–Crippen LogP) is 2.79. The summed E-state index contributed by atoms with van der Waals surface area (Å²) >= 11 is 0. The van der Waals surface area contributed by atoms with Crippen LogP contribution in [0.25, 0.3) is 0 Å². The van der Waals surface area contributed by atoms with Gasteiger partial charge in [0, 0.05) is 12.6 Å². The number of ether oxygens (including phenoxy) is 1. The van der Waals surface area contributed by atoms with Crippen molar-refractivity contribution in [1.29, 1.82) is 5.26 Å². The van der Waals surface area contributed by atoms with Gasteiger partial charge in [0.15, 0.2) is 0 Å². The van der Waals surface area contributed by atoms with E-state index < -0.39 is 0 Å². The van der Waals surface area contributed by atoms with Crippen molar-refractivity contribution >= 4 is 0 Å². The van der Waals surface area contributed by atoms with Crippen LogP contribution in [-0.2, 0) is 4.74 Å². The Kier molecular flexibility index (Phi) is 7.65. The van der Waals surface area contributed by atoms with Crippen LogP contribution in [0.15, 0.2) is 0 Å². The van der Waals surface area contributed by atoms with Gasteiger partial charge < -0.3 is 9.64 Å². The Morgan fingerprint density at radius 3 is 2.62 bits per heavy atom. The van der Waals surface area contributed by atoms with Crippen LogP contribution < -0.4 is 5.32 Å². The van der Waals surface area contributed by atoms with Crippen LogP contribution >= 0.6 is 0 Å². The number of hydrogen-bond donors (Lipinski definition) is 1. The molecule has 1 aliphatic rings. The Bertz CT molecular complexity index is 337. The lowest BCUT2D eigenvalue weighted by atomic mass is 9.85. The second-order valence-corrected chi connectivity index (χ2v) is 6.98. The Morgan fingerprint density at radius 1 is 1.33 bits per heavy atom. The maximum Gasteiger partial charge on any atom is 0.109 e. The van der Waals surface area contributed by atoms with Crippen LogP contribution in [0.1, 0.15) is 53.4 Å². The molecule has 0 spiro atoms. The fraction of sp³-hybridized carbons (Fsp3) is 0.941. The highest BCUT2D eigenvalue weighted by Crippen LogP contribution is 2.38. The molecule has 1 aliphatic carbocycles. The molecule has 1 N–H and O–H groups in total. The Labute approximate surface area is 130 Å². The lowest BCUT2D eigenvalue weighted by Gasteiger charge is -2.33. The van der Waals surface area contributed by atoms with Gasteiger partial charge in [0.2, 0.25) is 0 Å². The van der Waals surface area contributed by atoms with Crippen molar-refractivity contribution in [1.82, 2.24) is 10.2 Å². The molecule has 2 atom stereocenters. The summed E-state index contributed by atoms with van der Waals surface area (Å²) in [6.07, 6.45) is 4.72. The monoisotopic (exact) mass is 295 g/mol. The van der Waals surface area contributed by atoms with Gasteiger partial charge in [-0.15, -0.1) is 0 Å². The van der Waals surface area contributed by atoms with Crippen molar-refractivity contribution in [2.75, 3.05) is 26.7 Å². The van der Waals surface area contributed by atoms with Crippen LogP contribution in [0, 0.1) is 17.2 Å². The molecule has 0 radical (unpaired) electrons. The van der Waals surface area contributed by atoms with Gasteiger partial charge in [-0.3, -0.25) is 5.32 Å². The highest BCUT2D eigenvalue weighted by atomic mass is 16.5. The summed E-state index contributed by atoms with van der Waals surface area (Å²) in [6, 6.07) is 2.95. The minimum atomic E-state index is -0.302. The highest BCUT2D eigenvalue weighted by molar-refractivity contribution is 5.14. The molecule has 0 aromatic rings. The average molecular weight is 295 g/mol. The average Bonchev–Trinajstić information content (AvgIpc) is 2.78. The molecule has 4 nitrogen and oxygen atoms in total. The summed E-state index contributed by atoms with van der Waals surface area (Å²) in [6.45, 7) is 11.2. The molecule has 2 unspecified atom stereocenters. The third-order valence-electron chi connectivity index (χ3n) is 4.35. The summed E-state index contributed by atoms with van der Waals surface area (Å²) in [4.78, 5) is 2.32. The quantitative estimate of drug-likeness (QED) is 0.710. The van der Waals surface area contributed by atoms with Gasteiger partial charge in [-0.05, 0) is 66.5 Å². The highest BCUT2D eigenvalue weighted by Gasteiger charge is 2.43. The molecule has 1 fully saturated rings. The topological polar surface area (TPSA) is 48.3 Å². The van der Waals surface area contributed by atoms with E-state index in [1.807, 2.05) is 0 Å². The van der Waals surface area contributed by atoms with Crippen LogP contribution in [0.5, 0.6) is 0 Å². The van der Waals surface area contributed by atoms with Gasteiger partial charge in [0.1, 0.15) is 5.54 Å². The van der Waals surface area contributed by atoms with Crippen LogP contribution in [-0.4, -0.2) is 49.3 Å². The van der Waals surface area contributed by atoms with Gasteiger partial charge in [0.05, 0.1) is 18.8 Å². The van der Waals surface area contributed by atoms with Gasteiger partial charge in [-0.1, -0.05) is 6.42 Å². The molecular weight excluding hydrogens is 262 g/mol. The summed E-state index contributed by atoms with van der Waals surface area (Å²) in [5.74, 6) is 0.471. The molecule has 0 saturated heterocycles. The third-order valence-corrected chi connectivity index (χ3v) is 4.35. The number of nitrogens with one attached hydrogen (secondary N) is 1. The normalized spacial score (nSPS) is 26.0. The van der Waals surface area contributed by atoms with E-state index in [0.29, 0.717) is 18.1 Å². The molecule has 0 heterocycles. The SMILES string of the molecule is CC(C)NC1(C#N)CCCC1CCN(C)CCOC(C)C. The molecule has 0 bridgehead atoms. The fourth-order valence-electron chi connectivity index (χ4n) is 3.29. The Balaban J connectivity index is 2.40. The van der Waals surface area contributed by atoms with E-state index >= 15 is 0 Å². The largest absolute Gasteiger partial charge is 0.377 e. The summed E-state index contributed by atoms with van der Waals surface area (Å²) in [7, 11) is 2.14. The maximum absolute atomic E-state index is 9.66. The van der Waals surface area contributed by atoms with Crippen molar-refractivity contribution in [3.05, 3.63) is 0 Å². The zero-order chi connectivity index (χ0) is 15.9. The second-order valence-electron chi connectivity index (χ2n) is 6.98. The Morgan fingerprint density at radius 2 is 2.05 bits per heavy atom. The number of likely N-dealkylation sites (N-methyl/N-ethyl adjacent to an activating group) is 1. The number of hydrogen-bond acceptors (Lipinski definition) is 4. The molecule has 1 saturated carbocycles. The fourth-order valence-corrected chi connectivity index (χ4v) is 3.29. The molecule has 0 aromatic carbocycles. The first-order valence-electron chi connectivity index (χ1n) is 8.38. The third kappa shape index (κ3) is 5.94. The molecule has 1 rings (SSSR count). The first kappa shape index (κ1) is 18.4. The lowest BCUT2D eigenvalue weighted by Crippen LogP contribution is -2.50. The first-order valence-corrected chi connectivity index (χ1v) is 8.38. The van der Waals surface area contributed by atoms with E-state index in [-0.39, 0.29) is 5.54 Å². The molecule has 4 heteroatoms. The smallest absolute Gasteiger partial charge is 0.109 e.